The number of hydrogen-bond acceptors (Lipinski definition) is 3. The van der Waals surface area contributed by atoms with Crippen molar-refractivity contribution < 1.29 is 19.5 Å². The summed E-state index contributed by atoms with van der Waals surface area (Å²) in [6.45, 7) is 0. The summed E-state index contributed by atoms with van der Waals surface area (Å²) in [6, 6.07) is 7.05. The van der Waals surface area contributed by atoms with Gasteiger partial charge >= 0.3 is 5.97 Å². The van der Waals surface area contributed by atoms with Crippen molar-refractivity contribution in [3.63, 3.8) is 0 Å². The number of carboxylic acid groups (broad SMARTS) is 1. The number of benzene rings is 1. The van der Waals surface area contributed by atoms with E-state index in [1.54, 1.807) is 11.9 Å². The molecule has 2 amide bonds. The molecular formula is C21H28N2O4. The van der Waals surface area contributed by atoms with Crippen molar-refractivity contribution >= 4 is 23.5 Å². The molecule has 1 saturated carbocycles. The van der Waals surface area contributed by atoms with Crippen LogP contribution in [0.3, 0.4) is 0 Å². The van der Waals surface area contributed by atoms with Gasteiger partial charge in [-0.2, -0.15) is 0 Å². The first-order chi connectivity index (χ1) is 13.0. The van der Waals surface area contributed by atoms with Gasteiger partial charge in [-0.1, -0.05) is 43.9 Å². The second kappa shape index (κ2) is 8.55. The topological polar surface area (TPSA) is 86.7 Å². The lowest BCUT2D eigenvalue weighted by Crippen LogP contribution is -2.46. The summed E-state index contributed by atoms with van der Waals surface area (Å²) in [4.78, 5) is 38.4. The molecule has 2 atom stereocenters. The summed E-state index contributed by atoms with van der Waals surface area (Å²) in [5.41, 5.74) is 1.57. The van der Waals surface area contributed by atoms with Crippen LogP contribution in [-0.4, -0.2) is 36.0 Å². The van der Waals surface area contributed by atoms with E-state index in [9.17, 15) is 19.5 Å². The number of amides is 2. The van der Waals surface area contributed by atoms with E-state index in [0.717, 1.165) is 36.9 Å². The molecule has 146 valence electrons. The molecule has 6 nitrogen and oxygen atoms in total. The molecule has 3 rings (SSSR count). The molecule has 1 aromatic rings. The summed E-state index contributed by atoms with van der Waals surface area (Å²) in [5, 5.41) is 12.3. The highest BCUT2D eigenvalue weighted by molar-refractivity contribution is 6.02. The molecule has 1 aromatic carbocycles. The van der Waals surface area contributed by atoms with Gasteiger partial charge in [-0.05, 0) is 30.4 Å². The van der Waals surface area contributed by atoms with Crippen LogP contribution in [0.25, 0.3) is 0 Å². The van der Waals surface area contributed by atoms with Gasteiger partial charge in [0.05, 0.1) is 12.3 Å². The molecule has 2 N–H and O–H groups in total. The molecule has 1 fully saturated rings. The monoisotopic (exact) mass is 372 g/mol. The van der Waals surface area contributed by atoms with Gasteiger partial charge in [-0.15, -0.1) is 0 Å². The highest BCUT2D eigenvalue weighted by Gasteiger charge is 2.35. The molecule has 1 aliphatic carbocycles. The van der Waals surface area contributed by atoms with Crippen molar-refractivity contribution in [1.82, 2.24) is 5.32 Å². The number of para-hydroxylation sites is 1. The van der Waals surface area contributed by atoms with Crippen LogP contribution in [0.5, 0.6) is 0 Å². The fourth-order valence-corrected chi connectivity index (χ4v) is 4.40. The molecule has 0 radical (unpaired) electrons. The Morgan fingerprint density at radius 1 is 1.19 bits per heavy atom. The maximum absolute atomic E-state index is 13.1. The Labute approximate surface area is 159 Å². The second-order valence-corrected chi connectivity index (χ2v) is 7.73. The Kier molecular flexibility index (Phi) is 6.14. The Morgan fingerprint density at radius 2 is 1.85 bits per heavy atom. The Hall–Kier alpha value is -2.37. The molecule has 0 spiro atoms. The largest absolute Gasteiger partial charge is 0.481 e. The smallest absolute Gasteiger partial charge is 0.305 e. The third kappa shape index (κ3) is 4.49. The number of carbonyl (C=O) groups excluding carboxylic acids is 2. The highest BCUT2D eigenvalue weighted by Crippen LogP contribution is 2.36. The SMILES string of the molecule is CN1C(=O)CC(C(=O)NC(CC(=O)O)C2CCCCCC2)c2ccccc21. The van der Waals surface area contributed by atoms with Crippen LogP contribution in [-0.2, 0) is 14.4 Å². The Bertz CT molecular complexity index is 710. The van der Waals surface area contributed by atoms with Gasteiger partial charge in [-0.25, -0.2) is 0 Å². The van der Waals surface area contributed by atoms with Crippen molar-refractivity contribution in [1.29, 1.82) is 0 Å². The van der Waals surface area contributed by atoms with Gasteiger partial charge in [-0.3, -0.25) is 14.4 Å². The Morgan fingerprint density at radius 3 is 2.52 bits per heavy atom. The van der Waals surface area contributed by atoms with E-state index in [-0.39, 0.29) is 36.6 Å². The zero-order valence-corrected chi connectivity index (χ0v) is 15.8. The van der Waals surface area contributed by atoms with Gasteiger partial charge in [0.25, 0.3) is 0 Å². The van der Waals surface area contributed by atoms with Crippen LogP contribution in [0.15, 0.2) is 24.3 Å². The molecule has 1 heterocycles. The van der Waals surface area contributed by atoms with Crippen LogP contribution in [0.4, 0.5) is 5.69 Å². The number of rotatable bonds is 5. The highest BCUT2D eigenvalue weighted by atomic mass is 16.4. The average Bonchev–Trinajstić information content (AvgIpc) is 2.93. The number of nitrogens with one attached hydrogen (secondary N) is 1. The minimum atomic E-state index is -0.899. The number of carbonyl (C=O) groups is 3. The van der Waals surface area contributed by atoms with Crippen molar-refractivity contribution in [3.05, 3.63) is 29.8 Å². The number of fused-ring (bicyclic) bond motifs is 1. The fourth-order valence-electron chi connectivity index (χ4n) is 4.40. The van der Waals surface area contributed by atoms with Gasteiger partial charge < -0.3 is 15.3 Å². The maximum Gasteiger partial charge on any atom is 0.305 e. The standard InChI is InChI=1S/C21H28N2O4/c1-23-18-11-7-6-10-15(18)16(12-19(23)24)21(27)22-17(13-20(25)26)14-8-4-2-3-5-9-14/h6-7,10-11,14,16-17H,2-5,8-9,12-13H2,1H3,(H,22,27)(H,25,26). The summed E-state index contributed by atoms with van der Waals surface area (Å²) in [6.07, 6.45) is 6.42. The van der Waals surface area contributed by atoms with E-state index in [1.807, 2.05) is 24.3 Å². The molecule has 0 aromatic heterocycles. The lowest BCUT2D eigenvalue weighted by atomic mass is 9.86. The van der Waals surface area contributed by atoms with Crippen LogP contribution in [0, 0.1) is 5.92 Å². The molecule has 2 unspecified atom stereocenters. The van der Waals surface area contributed by atoms with Gasteiger partial charge in [0.2, 0.25) is 11.8 Å². The first-order valence-electron chi connectivity index (χ1n) is 9.85. The summed E-state index contributed by atoms with van der Waals surface area (Å²) in [5.74, 6) is -1.61. The predicted molar refractivity (Wildman–Crippen MR) is 103 cm³/mol. The van der Waals surface area contributed by atoms with Crippen LogP contribution < -0.4 is 10.2 Å². The number of nitrogens with zero attached hydrogens (tertiary/aromatic N) is 1. The Balaban J connectivity index is 1.79. The summed E-state index contributed by atoms with van der Waals surface area (Å²) < 4.78 is 0. The van der Waals surface area contributed by atoms with E-state index >= 15 is 0 Å². The van der Waals surface area contributed by atoms with Crippen LogP contribution >= 0.6 is 0 Å². The second-order valence-electron chi connectivity index (χ2n) is 7.73. The predicted octanol–water partition coefficient (Wildman–Crippen LogP) is 3.07. The quantitative estimate of drug-likeness (QED) is 0.778. The summed E-state index contributed by atoms with van der Waals surface area (Å²) in [7, 11) is 1.72. The van der Waals surface area contributed by atoms with Crippen molar-refractivity contribution in [2.24, 2.45) is 5.92 Å². The number of carboxylic acids is 1. The first kappa shape index (κ1) is 19.4. The molecule has 2 aliphatic rings. The minimum absolute atomic E-state index is 0.0708. The van der Waals surface area contributed by atoms with Gasteiger partial charge in [0, 0.05) is 25.2 Å². The minimum Gasteiger partial charge on any atom is -0.481 e. The zero-order chi connectivity index (χ0) is 19.4. The molecule has 0 bridgehead atoms. The molecule has 0 saturated heterocycles. The number of anilines is 1. The third-order valence-electron chi connectivity index (χ3n) is 5.93. The molecular weight excluding hydrogens is 344 g/mol. The third-order valence-corrected chi connectivity index (χ3v) is 5.93. The lowest BCUT2D eigenvalue weighted by Gasteiger charge is -2.33. The number of aliphatic carboxylic acids is 1. The first-order valence-corrected chi connectivity index (χ1v) is 9.85. The molecule has 1 aliphatic heterocycles. The van der Waals surface area contributed by atoms with E-state index < -0.39 is 11.9 Å². The lowest BCUT2D eigenvalue weighted by molar-refractivity contribution is -0.138. The van der Waals surface area contributed by atoms with Crippen molar-refractivity contribution in [2.45, 2.75) is 63.3 Å². The van der Waals surface area contributed by atoms with Crippen molar-refractivity contribution in [3.8, 4) is 0 Å². The molecule has 27 heavy (non-hydrogen) atoms. The van der Waals surface area contributed by atoms with E-state index in [4.69, 9.17) is 0 Å². The average molecular weight is 372 g/mol. The van der Waals surface area contributed by atoms with Crippen molar-refractivity contribution in [2.75, 3.05) is 11.9 Å². The fraction of sp³-hybridized carbons (Fsp3) is 0.571. The van der Waals surface area contributed by atoms with Crippen LogP contribution in [0.2, 0.25) is 0 Å². The van der Waals surface area contributed by atoms with Crippen LogP contribution in [0.1, 0.15) is 62.8 Å². The van der Waals surface area contributed by atoms with E-state index in [0.29, 0.717) is 0 Å². The normalized spacial score (nSPS) is 21.9. The van der Waals surface area contributed by atoms with Gasteiger partial charge in [0.1, 0.15) is 0 Å². The molecule has 6 heteroatoms. The van der Waals surface area contributed by atoms with E-state index in [1.165, 1.54) is 12.8 Å². The van der Waals surface area contributed by atoms with E-state index in [2.05, 4.69) is 5.32 Å². The summed E-state index contributed by atoms with van der Waals surface area (Å²) >= 11 is 0. The van der Waals surface area contributed by atoms with Gasteiger partial charge in [0.15, 0.2) is 0 Å². The zero-order valence-electron chi connectivity index (χ0n) is 15.8. The number of hydrogen-bond donors (Lipinski definition) is 2. The maximum atomic E-state index is 13.1.